The smallest absolute Gasteiger partial charge is 0.225 e. The molecule has 1 saturated heterocycles. The van der Waals surface area contributed by atoms with Crippen molar-refractivity contribution in [2.45, 2.75) is 52.2 Å². The fourth-order valence-electron chi connectivity index (χ4n) is 3.18. The van der Waals surface area contributed by atoms with Crippen LogP contribution in [0.1, 0.15) is 43.7 Å². The summed E-state index contributed by atoms with van der Waals surface area (Å²) in [5, 5.41) is 12.2. The number of methoxy groups -OCH3 is 1. The lowest BCUT2D eigenvalue weighted by atomic mass is 10.0. The number of piperidine rings is 1. The number of rotatable bonds is 6. The van der Waals surface area contributed by atoms with Crippen molar-refractivity contribution >= 4 is 11.6 Å². The molecule has 0 radical (unpaired) electrons. The van der Waals surface area contributed by atoms with E-state index in [9.17, 15) is 9.90 Å². The van der Waals surface area contributed by atoms with Gasteiger partial charge in [0.1, 0.15) is 5.75 Å². The molecular formula is C18H28N2O3. The zero-order chi connectivity index (χ0) is 16.8. The molecule has 1 amide bonds. The van der Waals surface area contributed by atoms with Crippen LogP contribution in [0.3, 0.4) is 0 Å². The summed E-state index contributed by atoms with van der Waals surface area (Å²) in [6.45, 7) is 5.98. The molecule has 2 rings (SSSR count). The van der Waals surface area contributed by atoms with E-state index < -0.39 is 0 Å². The van der Waals surface area contributed by atoms with Crippen LogP contribution in [0.5, 0.6) is 5.75 Å². The van der Waals surface area contributed by atoms with Gasteiger partial charge in [-0.3, -0.25) is 4.79 Å². The first kappa shape index (κ1) is 17.8. The maximum absolute atomic E-state index is 12.3. The van der Waals surface area contributed by atoms with E-state index in [0.717, 1.165) is 24.2 Å². The Balaban J connectivity index is 1.97. The molecule has 1 aliphatic heterocycles. The fraction of sp³-hybridized carbons (Fsp3) is 0.611. The van der Waals surface area contributed by atoms with Crippen LogP contribution >= 0.6 is 0 Å². The lowest BCUT2D eigenvalue weighted by Gasteiger charge is -2.33. The number of carbonyl (C=O) groups excluding carboxylic acids is 1. The fourth-order valence-corrected chi connectivity index (χ4v) is 3.18. The highest BCUT2D eigenvalue weighted by Crippen LogP contribution is 2.30. The van der Waals surface area contributed by atoms with Crippen LogP contribution in [0.4, 0.5) is 5.69 Å². The average Bonchev–Trinajstić information content (AvgIpc) is 2.55. The van der Waals surface area contributed by atoms with Crippen molar-refractivity contribution in [1.29, 1.82) is 0 Å². The van der Waals surface area contributed by atoms with E-state index in [1.54, 1.807) is 13.2 Å². The molecule has 5 heteroatoms. The highest BCUT2D eigenvalue weighted by molar-refractivity contribution is 5.93. The number of aliphatic hydroxyl groups is 1. The van der Waals surface area contributed by atoms with Gasteiger partial charge in [0.2, 0.25) is 5.91 Å². The molecule has 0 spiro atoms. The van der Waals surface area contributed by atoms with Gasteiger partial charge in [-0.2, -0.15) is 0 Å². The van der Waals surface area contributed by atoms with Crippen LogP contribution in [0.15, 0.2) is 12.1 Å². The molecule has 1 fully saturated rings. The number of ether oxygens (including phenoxy) is 1. The molecule has 1 aromatic rings. The monoisotopic (exact) mass is 320 g/mol. The predicted octanol–water partition coefficient (Wildman–Crippen LogP) is 2.70. The lowest BCUT2D eigenvalue weighted by Crippen LogP contribution is -2.39. The molecule has 0 saturated carbocycles. The van der Waals surface area contributed by atoms with E-state index in [4.69, 9.17) is 4.74 Å². The van der Waals surface area contributed by atoms with Gasteiger partial charge in [0.15, 0.2) is 0 Å². The van der Waals surface area contributed by atoms with Gasteiger partial charge in [-0.05, 0) is 50.4 Å². The number of nitrogens with one attached hydrogen (secondary N) is 1. The van der Waals surface area contributed by atoms with E-state index in [2.05, 4.69) is 17.1 Å². The van der Waals surface area contributed by atoms with Crippen molar-refractivity contribution < 1.29 is 14.6 Å². The van der Waals surface area contributed by atoms with Gasteiger partial charge in [-0.1, -0.05) is 12.5 Å². The van der Waals surface area contributed by atoms with E-state index in [1.165, 1.54) is 19.3 Å². The second kappa shape index (κ2) is 8.31. The number of nitrogens with zero attached hydrogens (tertiary/aromatic N) is 1. The summed E-state index contributed by atoms with van der Waals surface area (Å²) in [4.78, 5) is 14.7. The highest BCUT2D eigenvalue weighted by Gasteiger charge is 2.19. The number of hydrogen-bond donors (Lipinski definition) is 2. The Kier molecular flexibility index (Phi) is 6.42. The number of hydrogen-bond acceptors (Lipinski definition) is 4. The Hall–Kier alpha value is -1.59. The van der Waals surface area contributed by atoms with Crippen molar-refractivity contribution in [3.63, 3.8) is 0 Å². The van der Waals surface area contributed by atoms with Gasteiger partial charge < -0.3 is 20.1 Å². The molecule has 1 aliphatic rings. The normalized spacial score (nSPS) is 18.7. The van der Waals surface area contributed by atoms with E-state index >= 15 is 0 Å². The lowest BCUT2D eigenvalue weighted by molar-refractivity contribution is -0.116. The van der Waals surface area contributed by atoms with Crippen LogP contribution in [0.25, 0.3) is 0 Å². The Bertz CT molecular complexity index is 545. The summed E-state index contributed by atoms with van der Waals surface area (Å²) in [6, 6.07) is 4.19. The van der Waals surface area contributed by atoms with Gasteiger partial charge in [-0.15, -0.1) is 0 Å². The summed E-state index contributed by atoms with van der Waals surface area (Å²) in [7, 11) is 1.57. The number of likely N-dealkylation sites (tertiary alicyclic amines) is 1. The molecule has 1 unspecified atom stereocenters. The Labute approximate surface area is 138 Å². The minimum atomic E-state index is -0.0434. The molecule has 1 heterocycles. The van der Waals surface area contributed by atoms with Crippen LogP contribution in [-0.2, 0) is 11.4 Å². The number of aliphatic hydroxyl groups excluding tert-OH is 1. The Morgan fingerprint density at radius 3 is 2.87 bits per heavy atom. The second-order valence-electron chi connectivity index (χ2n) is 6.33. The molecule has 0 bridgehead atoms. The van der Waals surface area contributed by atoms with Crippen molar-refractivity contribution in [3.8, 4) is 5.75 Å². The van der Waals surface area contributed by atoms with Crippen LogP contribution in [-0.4, -0.2) is 42.2 Å². The second-order valence-corrected chi connectivity index (χ2v) is 6.33. The summed E-state index contributed by atoms with van der Waals surface area (Å²) in [5.41, 5.74) is 2.37. The third-order valence-corrected chi connectivity index (χ3v) is 4.59. The molecule has 23 heavy (non-hydrogen) atoms. The SMILES string of the molecule is COc1cc(CO)cc(C)c1NC(=O)CCN1CCCCC1C. The van der Waals surface area contributed by atoms with Crippen molar-refractivity contribution in [2.75, 3.05) is 25.5 Å². The van der Waals surface area contributed by atoms with Crippen molar-refractivity contribution in [1.82, 2.24) is 4.90 Å². The van der Waals surface area contributed by atoms with Gasteiger partial charge in [0, 0.05) is 19.0 Å². The number of aryl methyl sites for hydroxylation is 1. The zero-order valence-corrected chi connectivity index (χ0v) is 14.4. The quantitative estimate of drug-likeness (QED) is 0.846. The first-order valence-corrected chi connectivity index (χ1v) is 8.37. The Morgan fingerprint density at radius 1 is 1.43 bits per heavy atom. The molecule has 0 aromatic heterocycles. The average molecular weight is 320 g/mol. The maximum atomic E-state index is 12.3. The number of anilines is 1. The molecule has 1 aromatic carbocycles. The Morgan fingerprint density at radius 2 is 2.22 bits per heavy atom. The van der Waals surface area contributed by atoms with Crippen LogP contribution in [0.2, 0.25) is 0 Å². The minimum absolute atomic E-state index is 0.000854. The molecule has 2 N–H and O–H groups in total. The first-order chi connectivity index (χ1) is 11.0. The summed E-state index contributed by atoms with van der Waals surface area (Å²) in [6.07, 6.45) is 4.21. The molecule has 0 aliphatic carbocycles. The number of carbonyl (C=O) groups is 1. The van der Waals surface area contributed by atoms with Crippen molar-refractivity contribution in [3.05, 3.63) is 23.3 Å². The molecule has 1 atom stereocenters. The van der Waals surface area contributed by atoms with Crippen LogP contribution in [0, 0.1) is 6.92 Å². The van der Waals surface area contributed by atoms with E-state index in [1.807, 2.05) is 13.0 Å². The van der Waals surface area contributed by atoms with Gasteiger partial charge >= 0.3 is 0 Å². The largest absolute Gasteiger partial charge is 0.495 e. The first-order valence-electron chi connectivity index (χ1n) is 8.37. The predicted molar refractivity (Wildman–Crippen MR) is 91.8 cm³/mol. The molecular weight excluding hydrogens is 292 g/mol. The standard InChI is InChI=1S/C18H28N2O3/c1-13-10-15(12-21)11-16(23-3)18(13)19-17(22)7-9-20-8-5-4-6-14(20)2/h10-11,14,21H,4-9,12H2,1-3H3,(H,19,22). The maximum Gasteiger partial charge on any atom is 0.225 e. The summed E-state index contributed by atoms with van der Waals surface area (Å²) >= 11 is 0. The third-order valence-electron chi connectivity index (χ3n) is 4.59. The summed E-state index contributed by atoms with van der Waals surface area (Å²) in [5.74, 6) is 0.592. The summed E-state index contributed by atoms with van der Waals surface area (Å²) < 4.78 is 5.34. The van der Waals surface area contributed by atoms with Crippen LogP contribution < -0.4 is 10.1 Å². The number of benzene rings is 1. The topological polar surface area (TPSA) is 61.8 Å². The van der Waals surface area contributed by atoms with Gasteiger partial charge in [0.25, 0.3) is 0 Å². The number of amides is 1. The zero-order valence-electron chi connectivity index (χ0n) is 14.4. The molecule has 128 valence electrons. The van der Waals surface area contributed by atoms with Crippen molar-refractivity contribution in [2.24, 2.45) is 0 Å². The third kappa shape index (κ3) is 4.69. The van der Waals surface area contributed by atoms with E-state index in [-0.39, 0.29) is 12.5 Å². The molecule has 5 nitrogen and oxygen atoms in total. The highest BCUT2D eigenvalue weighted by atomic mass is 16.5. The van der Waals surface area contributed by atoms with E-state index in [0.29, 0.717) is 23.9 Å². The minimum Gasteiger partial charge on any atom is -0.495 e. The van der Waals surface area contributed by atoms with Gasteiger partial charge in [-0.25, -0.2) is 0 Å². The van der Waals surface area contributed by atoms with Gasteiger partial charge in [0.05, 0.1) is 19.4 Å².